The highest BCUT2D eigenvalue weighted by atomic mass is 16.5. The second-order valence-corrected chi connectivity index (χ2v) is 2.96. The molecule has 0 aliphatic rings. The summed E-state index contributed by atoms with van der Waals surface area (Å²) in [6, 6.07) is 7.52. The Kier molecular flexibility index (Phi) is 3.25. The molecule has 0 aromatic heterocycles. The number of nitrogens with zero attached hydrogens (tertiary/aromatic N) is 1. The van der Waals surface area contributed by atoms with Crippen molar-refractivity contribution in [2.24, 2.45) is 0 Å². The third-order valence-electron chi connectivity index (χ3n) is 1.70. The Morgan fingerprint density at radius 3 is 2.31 bits per heavy atom. The van der Waals surface area contributed by atoms with Gasteiger partial charge in [-0.25, -0.2) is 0 Å². The zero-order valence-corrected chi connectivity index (χ0v) is 7.73. The van der Waals surface area contributed by atoms with E-state index < -0.39 is 6.35 Å². The fraction of sp³-hybridized carbons (Fsp3) is 0.333. The van der Waals surface area contributed by atoms with E-state index in [0.717, 1.165) is 11.3 Å². The molecule has 0 radical (unpaired) electrons. The highest BCUT2D eigenvalue weighted by Crippen LogP contribution is 2.09. The molecule has 1 unspecified atom stereocenters. The normalized spacial score (nSPS) is 13.0. The third kappa shape index (κ3) is 3.02. The van der Waals surface area contributed by atoms with Gasteiger partial charge in [0, 0.05) is 12.7 Å². The quantitative estimate of drug-likeness (QED) is 0.482. The van der Waals surface area contributed by atoms with Gasteiger partial charge in [-0.1, -0.05) is 17.7 Å². The van der Waals surface area contributed by atoms with Crippen molar-refractivity contribution in [3.8, 4) is 0 Å². The molecule has 1 atom stereocenters. The van der Waals surface area contributed by atoms with Crippen LogP contribution in [0.5, 0.6) is 0 Å². The van der Waals surface area contributed by atoms with Gasteiger partial charge < -0.3 is 15.6 Å². The lowest BCUT2D eigenvalue weighted by Gasteiger charge is -2.18. The van der Waals surface area contributed by atoms with Gasteiger partial charge in [0.1, 0.15) is 0 Å². The largest absolute Gasteiger partial charge is 0.359 e. The predicted octanol–water partition coefficient (Wildman–Crippen LogP) is 1.00. The number of aryl methyl sites for hydroxylation is 1. The molecule has 3 N–H and O–H groups in total. The maximum atomic E-state index is 9.21. The van der Waals surface area contributed by atoms with E-state index in [1.54, 1.807) is 0 Å². The van der Waals surface area contributed by atoms with E-state index in [1.165, 1.54) is 7.05 Å². The summed E-state index contributed by atoms with van der Waals surface area (Å²) in [6.07, 6.45) is -1.08. The molecular formula is C9H14N2O2. The van der Waals surface area contributed by atoms with Gasteiger partial charge >= 0.3 is 0 Å². The summed E-state index contributed by atoms with van der Waals surface area (Å²) in [6.45, 7) is 1.98. The summed E-state index contributed by atoms with van der Waals surface area (Å²) < 4.78 is 0. The van der Waals surface area contributed by atoms with Gasteiger partial charge in [0.2, 0.25) is 6.35 Å². The number of rotatable bonds is 3. The van der Waals surface area contributed by atoms with Crippen LogP contribution in [0.25, 0.3) is 0 Å². The average Bonchev–Trinajstić information content (AvgIpc) is 2.08. The van der Waals surface area contributed by atoms with Crippen molar-refractivity contribution in [3.05, 3.63) is 29.8 Å². The molecule has 13 heavy (non-hydrogen) atoms. The van der Waals surface area contributed by atoms with Gasteiger partial charge in [0.25, 0.3) is 0 Å². The lowest BCUT2D eigenvalue weighted by atomic mass is 10.2. The topological polar surface area (TPSA) is 55.7 Å². The number of hydroxylamine groups is 2. The van der Waals surface area contributed by atoms with Crippen LogP contribution in [0.1, 0.15) is 5.56 Å². The molecule has 1 aromatic rings. The fourth-order valence-corrected chi connectivity index (χ4v) is 0.892. The first-order chi connectivity index (χ1) is 6.09. The first-order valence-corrected chi connectivity index (χ1v) is 4.02. The van der Waals surface area contributed by atoms with E-state index in [-0.39, 0.29) is 0 Å². The molecule has 0 aliphatic carbocycles. The Morgan fingerprint density at radius 1 is 1.31 bits per heavy atom. The van der Waals surface area contributed by atoms with E-state index >= 15 is 0 Å². The second kappa shape index (κ2) is 4.23. The van der Waals surface area contributed by atoms with Crippen molar-refractivity contribution in [2.75, 3.05) is 12.4 Å². The van der Waals surface area contributed by atoms with Crippen LogP contribution in [0.4, 0.5) is 5.69 Å². The highest BCUT2D eigenvalue weighted by molar-refractivity contribution is 5.44. The van der Waals surface area contributed by atoms with Crippen LogP contribution in [-0.4, -0.2) is 28.8 Å². The minimum Gasteiger partial charge on any atom is -0.359 e. The zero-order chi connectivity index (χ0) is 9.84. The van der Waals surface area contributed by atoms with Crippen LogP contribution in [0.2, 0.25) is 0 Å². The Morgan fingerprint density at radius 2 is 1.85 bits per heavy atom. The summed E-state index contributed by atoms with van der Waals surface area (Å²) >= 11 is 0. The Hall–Kier alpha value is -1.10. The van der Waals surface area contributed by atoms with Crippen molar-refractivity contribution in [3.63, 3.8) is 0 Å². The van der Waals surface area contributed by atoms with Crippen molar-refractivity contribution in [2.45, 2.75) is 13.3 Å². The van der Waals surface area contributed by atoms with Crippen LogP contribution in [0, 0.1) is 6.92 Å². The van der Waals surface area contributed by atoms with Gasteiger partial charge in [-0.15, -0.1) is 5.06 Å². The molecule has 4 nitrogen and oxygen atoms in total. The molecule has 1 rings (SSSR count). The van der Waals surface area contributed by atoms with Gasteiger partial charge in [-0.3, -0.25) is 0 Å². The average molecular weight is 182 g/mol. The van der Waals surface area contributed by atoms with E-state index in [1.807, 2.05) is 31.2 Å². The minimum absolute atomic E-state index is 0.694. The lowest BCUT2D eigenvalue weighted by Crippen LogP contribution is -2.35. The van der Waals surface area contributed by atoms with Crippen LogP contribution >= 0.6 is 0 Å². The van der Waals surface area contributed by atoms with E-state index in [0.29, 0.717) is 5.06 Å². The molecule has 0 bridgehead atoms. The van der Waals surface area contributed by atoms with E-state index in [9.17, 15) is 5.11 Å². The third-order valence-corrected chi connectivity index (χ3v) is 1.70. The summed E-state index contributed by atoms with van der Waals surface area (Å²) in [5, 5.41) is 21.5. The monoisotopic (exact) mass is 182 g/mol. The fourth-order valence-electron chi connectivity index (χ4n) is 0.892. The van der Waals surface area contributed by atoms with Crippen molar-refractivity contribution in [1.29, 1.82) is 0 Å². The Bertz CT molecular complexity index is 259. The molecule has 0 saturated heterocycles. The predicted molar refractivity (Wildman–Crippen MR) is 50.4 cm³/mol. The smallest absolute Gasteiger partial charge is 0.205 e. The second-order valence-electron chi connectivity index (χ2n) is 2.96. The van der Waals surface area contributed by atoms with E-state index in [2.05, 4.69) is 5.32 Å². The van der Waals surface area contributed by atoms with Crippen LogP contribution in [0.15, 0.2) is 24.3 Å². The number of hydrogen-bond acceptors (Lipinski definition) is 4. The number of aliphatic hydroxyl groups excluding tert-OH is 1. The number of hydrogen-bond donors (Lipinski definition) is 3. The molecule has 0 spiro atoms. The zero-order valence-electron chi connectivity index (χ0n) is 7.73. The van der Waals surface area contributed by atoms with Gasteiger partial charge in [-0.2, -0.15) is 0 Å². The molecule has 4 heteroatoms. The maximum Gasteiger partial charge on any atom is 0.205 e. The Balaban J connectivity index is 2.59. The summed E-state index contributed by atoms with van der Waals surface area (Å²) in [5.74, 6) is 0. The Labute approximate surface area is 77.4 Å². The number of nitrogens with one attached hydrogen (secondary N) is 1. The number of anilines is 1. The van der Waals surface area contributed by atoms with Gasteiger partial charge in [0.15, 0.2) is 0 Å². The molecule has 0 aliphatic heterocycles. The summed E-state index contributed by atoms with van der Waals surface area (Å²) in [7, 11) is 1.37. The SMILES string of the molecule is Cc1ccc(NC(O)N(C)O)cc1. The molecule has 72 valence electrons. The molecular weight excluding hydrogens is 168 g/mol. The van der Waals surface area contributed by atoms with Crippen LogP contribution < -0.4 is 5.32 Å². The standard InChI is InChI=1S/C9H14N2O2/c1-7-3-5-8(6-4-7)10-9(12)11(2)13/h3-6,9-10,12-13H,1-2H3. The lowest BCUT2D eigenvalue weighted by molar-refractivity contribution is -0.164. The van der Waals surface area contributed by atoms with Crippen molar-refractivity contribution in [1.82, 2.24) is 5.06 Å². The van der Waals surface area contributed by atoms with Gasteiger partial charge in [-0.05, 0) is 19.1 Å². The molecule has 0 amide bonds. The molecule has 0 saturated carbocycles. The van der Waals surface area contributed by atoms with Crippen LogP contribution in [-0.2, 0) is 0 Å². The number of benzene rings is 1. The molecule has 0 fully saturated rings. The highest BCUT2D eigenvalue weighted by Gasteiger charge is 2.06. The van der Waals surface area contributed by atoms with Crippen molar-refractivity contribution >= 4 is 5.69 Å². The van der Waals surface area contributed by atoms with Crippen molar-refractivity contribution < 1.29 is 10.3 Å². The first-order valence-electron chi connectivity index (χ1n) is 4.02. The summed E-state index contributed by atoms with van der Waals surface area (Å²) in [4.78, 5) is 0. The van der Waals surface area contributed by atoms with Crippen LogP contribution in [0.3, 0.4) is 0 Å². The number of aliphatic hydroxyl groups is 1. The molecule has 1 aromatic carbocycles. The molecule has 0 heterocycles. The maximum absolute atomic E-state index is 9.21. The summed E-state index contributed by atoms with van der Waals surface area (Å²) in [5.41, 5.74) is 1.91. The first kappa shape index (κ1) is 9.98. The van der Waals surface area contributed by atoms with Gasteiger partial charge in [0.05, 0.1) is 0 Å². The minimum atomic E-state index is -1.08. The van der Waals surface area contributed by atoms with E-state index in [4.69, 9.17) is 5.21 Å².